The van der Waals surface area contributed by atoms with Crippen molar-refractivity contribution < 1.29 is 23.5 Å². The van der Waals surface area contributed by atoms with Gasteiger partial charge in [-0.2, -0.15) is 0 Å². The van der Waals surface area contributed by atoms with Crippen LogP contribution in [0.1, 0.15) is 32.3 Å². The van der Waals surface area contributed by atoms with Crippen LogP contribution in [0.15, 0.2) is 24.4 Å². The van der Waals surface area contributed by atoms with Gasteiger partial charge in [-0.25, -0.2) is 14.2 Å². The molecule has 0 bridgehead atoms. The van der Waals surface area contributed by atoms with E-state index in [1.54, 1.807) is 16.7 Å². The molecule has 0 radical (unpaired) electrons. The summed E-state index contributed by atoms with van der Waals surface area (Å²) in [5.41, 5.74) is 1.38. The van der Waals surface area contributed by atoms with Crippen LogP contribution in [0.3, 0.4) is 0 Å². The van der Waals surface area contributed by atoms with Crippen molar-refractivity contribution >= 4 is 20.8 Å². The first-order valence-corrected chi connectivity index (χ1v) is 12.5. The third-order valence-corrected chi connectivity index (χ3v) is 5.51. The number of rotatable bonds is 6. The fraction of sp³-hybridized carbons (Fsp3) is 0.500. The Morgan fingerprint density at radius 3 is 2.66 bits per heavy atom. The average molecular weight is 422 g/mol. The molecule has 2 aromatic rings. The molecule has 9 heteroatoms. The van der Waals surface area contributed by atoms with Crippen molar-refractivity contribution in [2.75, 3.05) is 18.1 Å². The van der Waals surface area contributed by atoms with E-state index in [2.05, 4.69) is 38.8 Å². The molecule has 1 aromatic heterocycles. The lowest BCUT2D eigenvalue weighted by molar-refractivity contribution is 0.0963. The zero-order valence-corrected chi connectivity index (χ0v) is 18.6. The summed E-state index contributed by atoms with van der Waals surface area (Å²) in [6, 6.07) is 4.58. The SMILES string of the molecule is C[SiH](C)OCc1nc(C(C)(C)C)cn1-c1ccc(N2CC(CO)OC2=O)cc1F. The lowest BCUT2D eigenvalue weighted by Crippen LogP contribution is -2.25. The van der Waals surface area contributed by atoms with E-state index in [0.717, 1.165) is 5.69 Å². The Balaban J connectivity index is 1.96. The summed E-state index contributed by atoms with van der Waals surface area (Å²) >= 11 is 0. The predicted octanol–water partition coefficient (Wildman–Crippen LogP) is 3.13. The van der Waals surface area contributed by atoms with Gasteiger partial charge in [0.2, 0.25) is 0 Å². The first-order chi connectivity index (χ1) is 13.6. The van der Waals surface area contributed by atoms with Crippen LogP contribution in [0, 0.1) is 5.82 Å². The number of aliphatic hydroxyl groups excluding tert-OH is 1. The van der Waals surface area contributed by atoms with Gasteiger partial charge in [-0.05, 0) is 31.3 Å². The smallest absolute Gasteiger partial charge is 0.414 e. The van der Waals surface area contributed by atoms with Crippen LogP contribution in [0.2, 0.25) is 13.1 Å². The first-order valence-electron chi connectivity index (χ1n) is 9.69. The lowest BCUT2D eigenvalue weighted by atomic mass is 9.93. The Labute approximate surface area is 171 Å². The molecule has 1 unspecified atom stereocenters. The number of imidazole rings is 1. The number of carbonyl (C=O) groups excluding carboxylic acids is 1. The first kappa shape index (κ1) is 21.5. The summed E-state index contributed by atoms with van der Waals surface area (Å²) in [4.78, 5) is 18.0. The largest absolute Gasteiger partial charge is 0.441 e. The quantitative estimate of drug-likeness (QED) is 0.725. The third-order valence-electron chi connectivity index (χ3n) is 4.67. The number of carbonyl (C=O) groups is 1. The highest BCUT2D eigenvalue weighted by Crippen LogP contribution is 2.28. The molecule has 1 atom stereocenters. The monoisotopic (exact) mass is 421 g/mol. The van der Waals surface area contributed by atoms with Gasteiger partial charge in [-0.1, -0.05) is 20.8 Å². The molecule has 0 aliphatic carbocycles. The van der Waals surface area contributed by atoms with Crippen LogP contribution in [0.4, 0.5) is 14.9 Å². The van der Waals surface area contributed by atoms with Gasteiger partial charge < -0.3 is 14.3 Å². The minimum atomic E-state index is -1.27. The molecule has 1 amide bonds. The maximum absolute atomic E-state index is 15.1. The Hall–Kier alpha value is -2.23. The number of aliphatic hydroxyl groups is 1. The Morgan fingerprint density at radius 1 is 1.38 bits per heavy atom. The second kappa shape index (κ2) is 8.25. The van der Waals surface area contributed by atoms with Gasteiger partial charge in [-0.3, -0.25) is 9.47 Å². The van der Waals surface area contributed by atoms with Crippen molar-refractivity contribution in [2.45, 2.75) is 52.0 Å². The highest BCUT2D eigenvalue weighted by atomic mass is 28.3. The molecule has 2 heterocycles. The highest BCUT2D eigenvalue weighted by molar-refractivity contribution is 6.48. The second-order valence-corrected chi connectivity index (χ2v) is 10.9. The number of halogens is 1. The zero-order chi connectivity index (χ0) is 21.3. The number of hydrogen-bond donors (Lipinski definition) is 1. The fourth-order valence-electron chi connectivity index (χ4n) is 3.02. The van der Waals surface area contributed by atoms with Crippen LogP contribution in [0.5, 0.6) is 0 Å². The summed E-state index contributed by atoms with van der Waals surface area (Å²) in [5, 5.41) is 9.19. The molecular weight excluding hydrogens is 393 g/mol. The summed E-state index contributed by atoms with van der Waals surface area (Å²) in [6.07, 6.45) is 0.645. The molecule has 1 aliphatic rings. The van der Waals surface area contributed by atoms with E-state index in [1.807, 2.05) is 6.20 Å². The lowest BCUT2D eigenvalue weighted by Gasteiger charge is -2.16. The Morgan fingerprint density at radius 2 is 2.10 bits per heavy atom. The molecule has 0 spiro atoms. The van der Waals surface area contributed by atoms with E-state index in [-0.39, 0.29) is 18.6 Å². The van der Waals surface area contributed by atoms with Gasteiger partial charge in [0.15, 0.2) is 9.04 Å². The maximum atomic E-state index is 15.1. The number of nitrogens with zero attached hydrogens (tertiary/aromatic N) is 3. The van der Waals surface area contributed by atoms with E-state index in [0.29, 0.717) is 23.8 Å². The molecule has 29 heavy (non-hydrogen) atoms. The number of amides is 1. The fourth-order valence-corrected chi connectivity index (χ4v) is 3.50. The van der Waals surface area contributed by atoms with Crippen molar-refractivity contribution in [1.29, 1.82) is 0 Å². The van der Waals surface area contributed by atoms with Crippen LogP contribution in [-0.2, 0) is 21.2 Å². The molecule has 1 N–H and O–H groups in total. The number of ether oxygens (including phenoxy) is 1. The second-order valence-electron chi connectivity index (χ2n) is 8.46. The highest BCUT2D eigenvalue weighted by Gasteiger charge is 2.32. The van der Waals surface area contributed by atoms with Crippen molar-refractivity contribution in [2.24, 2.45) is 0 Å². The molecule has 3 rings (SSSR count). The summed E-state index contributed by atoms with van der Waals surface area (Å²) < 4.78 is 27.7. The van der Waals surface area contributed by atoms with Gasteiger partial charge in [0.25, 0.3) is 0 Å². The zero-order valence-electron chi connectivity index (χ0n) is 17.5. The molecule has 1 aliphatic heterocycles. The topological polar surface area (TPSA) is 76.8 Å². The molecule has 158 valence electrons. The van der Waals surface area contributed by atoms with Crippen LogP contribution in [0.25, 0.3) is 5.69 Å². The average Bonchev–Trinajstić information content (AvgIpc) is 3.23. The van der Waals surface area contributed by atoms with E-state index in [4.69, 9.17) is 9.16 Å². The van der Waals surface area contributed by atoms with E-state index >= 15 is 4.39 Å². The van der Waals surface area contributed by atoms with Crippen LogP contribution in [-0.4, -0.2) is 49.0 Å². The number of aromatic nitrogens is 2. The third kappa shape index (κ3) is 4.68. The van der Waals surface area contributed by atoms with Gasteiger partial charge in [0.1, 0.15) is 17.7 Å². The standard InChI is InChI=1S/C20H28FN3O4Si/c1-20(2,3)17-10-24(18(22-17)12-27-29(4)5)16-7-6-13(8-15(16)21)23-9-14(11-25)28-19(23)26/h6-8,10,14,25,29H,9,11-12H2,1-5H3. The van der Waals surface area contributed by atoms with Gasteiger partial charge in [0, 0.05) is 11.6 Å². The Bertz CT molecular complexity index is 894. The molecule has 7 nitrogen and oxygen atoms in total. The number of hydrogen-bond acceptors (Lipinski definition) is 5. The van der Waals surface area contributed by atoms with Crippen molar-refractivity contribution in [3.8, 4) is 5.69 Å². The normalized spacial score (nSPS) is 17.3. The number of anilines is 1. The maximum Gasteiger partial charge on any atom is 0.414 e. The Kier molecular flexibility index (Phi) is 6.11. The minimum absolute atomic E-state index is 0.186. The van der Waals surface area contributed by atoms with Crippen molar-refractivity contribution in [1.82, 2.24) is 9.55 Å². The van der Waals surface area contributed by atoms with E-state index < -0.39 is 27.1 Å². The summed E-state index contributed by atoms with van der Waals surface area (Å²) in [5.74, 6) is 0.160. The molecule has 1 saturated heterocycles. The number of cyclic esters (lactones) is 1. The predicted molar refractivity (Wildman–Crippen MR) is 111 cm³/mol. The van der Waals surface area contributed by atoms with Crippen LogP contribution >= 0.6 is 0 Å². The summed E-state index contributed by atoms with van der Waals surface area (Å²) in [7, 11) is -1.27. The van der Waals surface area contributed by atoms with Gasteiger partial charge in [-0.15, -0.1) is 0 Å². The minimum Gasteiger partial charge on any atom is -0.441 e. The summed E-state index contributed by atoms with van der Waals surface area (Å²) in [6.45, 7) is 10.5. The van der Waals surface area contributed by atoms with Crippen LogP contribution < -0.4 is 4.90 Å². The number of benzene rings is 1. The van der Waals surface area contributed by atoms with E-state index in [9.17, 15) is 9.90 Å². The molecule has 0 saturated carbocycles. The molecular formula is C20H28FN3O4Si. The van der Waals surface area contributed by atoms with Crippen molar-refractivity contribution in [3.05, 3.63) is 41.7 Å². The van der Waals surface area contributed by atoms with Crippen molar-refractivity contribution in [3.63, 3.8) is 0 Å². The van der Waals surface area contributed by atoms with Gasteiger partial charge >= 0.3 is 6.09 Å². The molecule has 1 fully saturated rings. The van der Waals surface area contributed by atoms with E-state index in [1.165, 1.54) is 11.0 Å². The van der Waals surface area contributed by atoms with Gasteiger partial charge in [0.05, 0.1) is 36.8 Å². The molecule has 1 aromatic carbocycles.